The molecule has 0 aliphatic heterocycles. The van der Waals surface area contributed by atoms with Crippen LogP contribution in [0.15, 0.2) is 90.0 Å². The number of tetrazole rings is 1. The molecule has 0 spiro atoms. The third-order valence-corrected chi connectivity index (χ3v) is 7.50. The van der Waals surface area contributed by atoms with Gasteiger partial charge in [0.2, 0.25) is 17.4 Å². The summed E-state index contributed by atoms with van der Waals surface area (Å²) in [5.41, 5.74) is 8.79. The Morgan fingerprint density at radius 1 is 1.02 bits per heavy atom. The molecule has 0 fully saturated rings. The number of primary amides is 1. The Labute approximate surface area is 264 Å². The average molecular weight is 640 g/mol. The van der Waals surface area contributed by atoms with E-state index in [2.05, 4.69) is 30.8 Å². The predicted molar refractivity (Wildman–Crippen MR) is 170 cm³/mol. The van der Waals surface area contributed by atoms with Crippen LogP contribution in [0.1, 0.15) is 33.4 Å². The molecule has 5 N–H and O–H groups in total. The lowest BCUT2D eigenvalue weighted by atomic mass is 10.0. The fourth-order valence-electron chi connectivity index (χ4n) is 4.92. The highest BCUT2D eigenvalue weighted by Gasteiger charge is 2.22. The summed E-state index contributed by atoms with van der Waals surface area (Å²) >= 11 is 12.9. The van der Waals surface area contributed by atoms with Gasteiger partial charge in [0, 0.05) is 39.2 Å². The molecule has 6 rings (SSSR count). The van der Waals surface area contributed by atoms with Crippen molar-refractivity contribution in [3.8, 4) is 16.9 Å². The Kier molecular flexibility index (Phi) is 8.23. The van der Waals surface area contributed by atoms with Gasteiger partial charge in [-0.2, -0.15) is 4.68 Å². The third-order valence-electron chi connectivity index (χ3n) is 6.99. The van der Waals surface area contributed by atoms with E-state index in [0.717, 1.165) is 11.6 Å². The van der Waals surface area contributed by atoms with Crippen molar-refractivity contribution in [2.45, 2.75) is 12.5 Å². The molecule has 224 valence electrons. The summed E-state index contributed by atoms with van der Waals surface area (Å²) < 4.78 is 1.47. The maximum atomic E-state index is 13.3. The quantitative estimate of drug-likeness (QED) is 0.169. The van der Waals surface area contributed by atoms with E-state index in [9.17, 15) is 14.4 Å². The molecule has 0 saturated heterocycles. The minimum absolute atomic E-state index is 0.0754. The Morgan fingerprint density at radius 3 is 2.60 bits per heavy atom. The second-order valence-electron chi connectivity index (χ2n) is 10.00. The standard InChI is InChI=1S/C31H23Cl2N9O3/c32-20-8-10-25(42-16-35-40-41-42)18(13-20)7-11-26(43)37-24(12-17-4-2-1-3-5-17)31-38-28(29(33)39-31)19-6-9-23-21(14-19)22(30(34)45)15-27(44)36-23/h1-11,13-16,24H,12H2,(H2,34,45)(H,36,44)(H,37,43)(H,38,39)/t24-/m0/s1. The largest absolute Gasteiger partial charge is 0.366 e. The Morgan fingerprint density at radius 2 is 1.84 bits per heavy atom. The molecule has 14 heteroatoms. The van der Waals surface area contributed by atoms with Gasteiger partial charge in [-0.1, -0.05) is 59.6 Å². The normalized spacial score (nSPS) is 12.0. The number of amides is 2. The molecule has 45 heavy (non-hydrogen) atoms. The van der Waals surface area contributed by atoms with Crippen LogP contribution in [-0.2, 0) is 11.2 Å². The number of aromatic amines is 2. The number of fused-ring (bicyclic) bond motifs is 1. The summed E-state index contributed by atoms with van der Waals surface area (Å²) in [5, 5.41) is 15.4. The zero-order valence-corrected chi connectivity index (χ0v) is 24.8. The predicted octanol–water partition coefficient (Wildman–Crippen LogP) is 4.41. The maximum absolute atomic E-state index is 13.3. The number of hydrogen-bond donors (Lipinski definition) is 4. The first-order chi connectivity index (χ1) is 21.7. The fraction of sp³-hybridized carbons (Fsp3) is 0.0645. The maximum Gasteiger partial charge on any atom is 0.249 e. The second kappa shape index (κ2) is 12.6. The van der Waals surface area contributed by atoms with Gasteiger partial charge in [-0.3, -0.25) is 14.4 Å². The first-order valence-corrected chi connectivity index (χ1v) is 14.3. The highest BCUT2D eigenvalue weighted by molar-refractivity contribution is 6.32. The summed E-state index contributed by atoms with van der Waals surface area (Å²) in [4.78, 5) is 47.9. The van der Waals surface area contributed by atoms with E-state index in [1.807, 2.05) is 30.3 Å². The topological polar surface area (TPSA) is 177 Å². The minimum atomic E-state index is -0.737. The van der Waals surface area contributed by atoms with E-state index < -0.39 is 23.4 Å². The van der Waals surface area contributed by atoms with E-state index in [-0.39, 0.29) is 10.7 Å². The lowest BCUT2D eigenvalue weighted by Gasteiger charge is -2.16. The van der Waals surface area contributed by atoms with Gasteiger partial charge in [0.25, 0.3) is 0 Å². The Bertz CT molecular complexity index is 2120. The van der Waals surface area contributed by atoms with Crippen LogP contribution in [0.2, 0.25) is 10.2 Å². The van der Waals surface area contributed by atoms with Gasteiger partial charge in [0.1, 0.15) is 23.0 Å². The van der Waals surface area contributed by atoms with Crippen LogP contribution in [0.25, 0.3) is 33.9 Å². The second-order valence-corrected chi connectivity index (χ2v) is 10.8. The van der Waals surface area contributed by atoms with Gasteiger partial charge in [-0.15, -0.1) is 5.10 Å². The van der Waals surface area contributed by atoms with Crippen LogP contribution in [-0.4, -0.2) is 47.0 Å². The number of aromatic nitrogens is 7. The van der Waals surface area contributed by atoms with Crippen molar-refractivity contribution in [2.75, 3.05) is 0 Å². The van der Waals surface area contributed by atoms with Crippen LogP contribution < -0.4 is 16.6 Å². The van der Waals surface area contributed by atoms with E-state index in [0.29, 0.717) is 50.7 Å². The number of benzene rings is 3. The molecule has 0 aliphatic carbocycles. The first kappa shape index (κ1) is 29.5. The smallest absolute Gasteiger partial charge is 0.249 e. The molecule has 6 aromatic rings. The molecule has 1 atom stereocenters. The van der Waals surface area contributed by atoms with Crippen LogP contribution in [0, 0.1) is 0 Å². The molecule has 3 aromatic heterocycles. The number of H-pyrrole nitrogens is 2. The molecule has 0 aliphatic rings. The molecular formula is C31H23Cl2N9O3. The number of carbonyl (C=O) groups is 2. The third kappa shape index (κ3) is 6.51. The summed E-state index contributed by atoms with van der Waals surface area (Å²) in [6, 6.07) is 20.4. The van der Waals surface area contributed by atoms with Crippen molar-refractivity contribution in [2.24, 2.45) is 5.73 Å². The van der Waals surface area contributed by atoms with E-state index in [1.165, 1.54) is 17.1 Å². The molecule has 3 aromatic carbocycles. The van der Waals surface area contributed by atoms with Gasteiger partial charge in [-0.05, 0) is 58.8 Å². The van der Waals surface area contributed by atoms with Crippen molar-refractivity contribution >= 4 is 52.0 Å². The summed E-state index contributed by atoms with van der Waals surface area (Å²) in [6.07, 6.45) is 4.85. The van der Waals surface area contributed by atoms with Crippen molar-refractivity contribution in [1.29, 1.82) is 0 Å². The number of rotatable bonds is 9. The number of nitrogens with zero attached hydrogens (tertiary/aromatic N) is 5. The van der Waals surface area contributed by atoms with Crippen LogP contribution in [0.4, 0.5) is 0 Å². The van der Waals surface area contributed by atoms with Crippen LogP contribution >= 0.6 is 23.2 Å². The number of nitrogens with one attached hydrogen (secondary N) is 3. The van der Waals surface area contributed by atoms with Gasteiger partial charge < -0.3 is 21.0 Å². The zero-order valence-electron chi connectivity index (χ0n) is 23.2. The van der Waals surface area contributed by atoms with Gasteiger partial charge in [0.15, 0.2) is 0 Å². The van der Waals surface area contributed by atoms with Gasteiger partial charge in [-0.25, -0.2) is 4.98 Å². The molecule has 2 amide bonds. The molecule has 0 radical (unpaired) electrons. The molecule has 12 nitrogen and oxygen atoms in total. The van der Waals surface area contributed by atoms with Crippen molar-refractivity contribution < 1.29 is 9.59 Å². The number of pyridine rings is 1. The van der Waals surface area contributed by atoms with Crippen molar-refractivity contribution in [3.05, 3.63) is 128 Å². The fourth-order valence-corrected chi connectivity index (χ4v) is 5.35. The lowest BCUT2D eigenvalue weighted by molar-refractivity contribution is -0.117. The summed E-state index contributed by atoms with van der Waals surface area (Å²) in [6.45, 7) is 0. The highest BCUT2D eigenvalue weighted by atomic mass is 35.5. The van der Waals surface area contributed by atoms with Gasteiger partial charge in [0.05, 0.1) is 17.3 Å². The number of carbonyl (C=O) groups excluding carboxylic acids is 2. The molecular weight excluding hydrogens is 617 g/mol. The number of imidazole rings is 1. The molecule has 0 saturated carbocycles. The Hall–Kier alpha value is -5.59. The van der Waals surface area contributed by atoms with Crippen molar-refractivity contribution in [3.63, 3.8) is 0 Å². The number of nitrogens with two attached hydrogens (primary N) is 1. The SMILES string of the molecule is NC(=O)c1cc(=O)[nH]c2ccc(-c3nc([C@H](Cc4ccccc4)NC(=O)C=Cc4cc(Cl)ccc4-n4cnnn4)[nH]c3Cl)cc12. The molecule has 0 unspecified atom stereocenters. The van der Waals surface area contributed by atoms with Crippen LogP contribution in [0.3, 0.4) is 0 Å². The number of halogens is 2. The highest BCUT2D eigenvalue weighted by Crippen LogP contribution is 2.31. The summed E-state index contributed by atoms with van der Waals surface area (Å²) in [5.74, 6) is -0.721. The van der Waals surface area contributed by atoms with E-state index >= 15 is 0 Å². The molecule has 0 bridgehead atoms. The number of hydrogen-bond acceptors (Lipinski definition) is 7. The van der Waals surface area contributed by atoms with Gasteiger partial charge >= 0.3 is 0 Å². The first-order valence-electron chi connectivity index (χ1n) is 13.5. The Balaban J connectivity index is 1.32. The molecule has 3 heterocycles. The van der Waals surface area contributed by atoms with Crippen LogP contribution in [0.5, 0.6) is 0 Å². The lowest BCUT2D eigenvalue weighted by Crippen LogP contribution is -2.29. The minimum Gasteiger partial charge on any atom is -0.366 e. The summed E-state index contributed by atoms with van der Waals surface area (Å²) in [7, 11) is 0. The van der Waals surface area contributed by atoms with Crippen molar-refractivity contribution in [1.82, 2.24) is 40.5 Å². The average Bonchev–Trinajstić information content (AvgIpc) is 3.70. The monoisotopic (exact) mass is 639 g/mol. The zero-order chi connectivity index (χ0) is 31.5. The van der Waals surface area contributed by atoms with E-state index in [1.54, 1.807) is 42.5 Å². The van der Waals surface area contributed by atoms with E-state index in [4.69, 9.17) is 33.9 Å².